The van der Waals surface area contributed by atoms with Crippen LogP contribution < -0.4 is 0 Å². The van der Waals surface area contributed by atoms with E-state index in [9.17, 15) is 24.5 Å². The number of carbonyl (C=O) groups is 3. The summed E-state index contributed by atoms with van der Waals surface area (Å²) in [7, 11) is -6.03. The summed E-state index contributed by atoms with van der Waals surface area (Å²) < 4.78 is 31.3. The Bertz CT molecular complexity index is 1270. The number of nitro groups is 1. The molecule has 47 heavy (non-hydrogen) atoms. The molecule has 3 unspecified atom stereocenters. The summed E-state index contributed by atoms with van der Waals surface area (Å²) in [6.45, 7) is 18.4. The Morgan fingerprint density at radius 2 is 1.53 bits per heavy atom. The van der Waals surface area contributed by atoms with Gasteiger partial charge in [0.15, 0.2) is 13.4 Å². The average molecular weight is 717 g/mol. The lowest BCUT2D eigenvalue weighted by molar-refractivity contribution is -0.384. The second kappa shape index (κ2) is 18.1. The van der Waals surface area contributed by atoms with E-state index in [-0.39, 0.29) is 54.1 Å². The zero-order valence-corrected chi connectivity index (χ0v) is 32.2. The van der Waals surface area contributed by atoms with Crippen LogP contribution >= 0.6 is 19.3 Å². The molecule has 1 aromatic carbocycles. The monoisotopic (exact) mass is 716 g/mol. The first-order chi connectivity index (χ1) is 22.0. The Morgan fingerprint density at radius 1 is 1.02 bits per heavy atom. The Morgan fingerprint density at radius 3 is 1.96 bits per heavy atom. The maximum atomic E-state index is 14.3. The van der Waals surface area contributed by atoms with E-state index >= 15 is 0 Å². The normalized spacial score (nSPS) is 17.7. The van der Waals surface area contributed by atoms with E-state index in [0.717, 1.165) is 11.8 Å². The fourth-order valence-corrected chi connectivity index (χ4v) is 9.15. The second-order valence-corrected chi connectivity index (χ2v) is 20.8. The van der Waals surface area contributed by atoms with Crippen LogP contribution in [-0.2, 0) is 43.7 Å². The maximum Gasteiger partial charge on any atom is 0.362 e. The van der Waals surface area contributed by atoms with Gasteiger partial charge >= 0.3 is 5.97 Å². The summed E-state index contributed by atoms with van der Waals surface area (Å²) in [4.78, 5) is 53.4. The summed E-state index contributed by atoms with van der Waals surface area (Å²) in [5, 5.41) is 10.8. The van der Waals surface area contributed by atoms with Crippen molar-refractivity contribution in [2.75, 3.05) is 26.1 Å². The number of hydrogen-bond acceptors (Lipinski definition) is 11. The number of nitrogens with zero attached hydrogens (tertiary/aromatic N) is 2. The molecule has 0 N–H and O–H groups in total. The number of amides is 1. The summed E-state index contributed by atoms with van der Waals surface area (Å²) in [5.74, 6) is -1.99. The quantitative estimate of drug-likeness (QED) is 0.0355. The van der Waals surface area contributed by atoms with Crippen LogP contribution in [0.5, 0.6) is 0 Å². The molecule has 2 rings (SSSR count). The van der Waals surface area contributed by atoms with Gasteiger partial charge in [0, 0.05) is 18.6 Å². The highest BCUT2D eigenvalue weighted by Crippen LogP contribution is 2.56. The van der Waals surface area contributed by atoms with Crippen molar-refractivity contribution < 1.29 is 42.0 Å². The fourth-order valence-electron chi connectivity index (χ4n) is 4.73. The molecule has 0 radical (unpaired) electrons. The average Bonchev–Trinajstić information content (AvgIpc) is 3.01. The number of carbonyl (C=O) groups excluding carboxylic acids is 3. The van der Waals surface area contributed by atoms with Gasteiger partial charge in [-0.3, -0.25) is 24.6 Å². The van der Waals surface area contributed by atoms with Crippen molar-refractivity contribution in [3.63, 3.8) is 0 Å². The standard InChI is InChI=1S/C32H53N2O10PSSi/c1-11-18-41-45(42-19-12-2,43-20-13-3)30(31(37)40-22-24-14-16-25(17-15-24)34(38)39)33-26(21-27(35)46-8)28(29(33)36)23(4)44-47(9,10)32(5,6)7/h14-17,23,26,28H,11-13,18-22H2,1-10H3. The number of nitro benzene ring substituents is 1. The van der Waals surface area contributed by atoms with Crippen molar-refractivity contribution in [2.45, 2.75) is 111 Å². The molecule has 1 saturated heterocycles. The third kappa shape index (κ3) is 10.5. The highest BCUT2D eigenvalue weighted by Gasteiger charge is 2.57. The van der Waals surface area contributed by atoms with E-state index < -0.39 is 50.7 Å². The molecule has 0 aliphatic carbocycles. The lowest BCUT2D eigenvalue weighted by Crippen LogP contribution is -2.69. The number of likely N-dealkylation sites (tertiary alicyclic amines) is 1. The van der Waals surface area contributed by atoms with Gasteiger partial charge in [-0.2, -0.15) is 0 Å². The third-order valence-corrected chi connectivity index (χ3v) is 15.9. The van der Waals surface area contributed by atoms with E-state index in [2.05, 4.69) is 33.9 Å². The molecule has 1 amide bonds. The van der Waals surface area contributed by atoms with Gasteiger partial charge < -0.3 is 22.7 Å². The smallest absolute Gasteiger partial charge is 0.362 e. The molecule has 1 aliphatic heterocycles. The molecule has 1 aliphatic rings. The van der Waals surface area contributed by atoms with Crippen molar-refractivity contribution >= 4 is 55.7 Å². The Hall–Kier alpha value is -2.06. The second-order valence-electron chi connectivity index (χ2n) is 13.0. The van der Waals surface area contributed by atoms with Crippen molar-refractivity contribution in [2.24, 2.45) is 5.92 Å². The third-order valence-electron chi connectivity index (χ3n) is 8.25. The first-order valence-corrected chi connectivity index (χ1v) is 21.9. The van der Waals surface area contributed by atoms with Crippen LogP contribution in [0.3, 0.4) is 0 Å². The number of esters is 1. The molecule has 3 atom stereocenters. The minimum atomic E-state index is -3.72. The van der Waals surface area contributed by atoms with Gasteiger partial charge in [0.2, 0.25) is 11.3 Å². The van der Waals surface area contributed by atoms with E-state index in [1.807, 2.05) is 27.7 Å². The van der Waals surface area contributed by atoms with Crippen LogP contribution in [0.2, 0.25) is 18.1 Å². The molecule has 266 valence electrons. The van der Waals surface area contributed by atoms with Crippen LogP contribution in [0.25, 0.3) is 0 Å². The largest absolute Gasteiger partial charge is 0.456 e. The van der Waals surface area contributed by atoms with Gasteiger partial charge in [0.1, 0.15) is 6.61 Å². The summed E-state index contributed by atoms with van der Waals surface area (Å²) >= 11 is 1.05. The number of benzene rings is 1. The van der Waals surface area contributed by atoms with Crippen LogP contribution in [0.1, 0.15) is 79.7 Å². The highest BCUT2D eigenvalue weighted by molar-refractivity contribution is 8.13. The molecule has 0 spiro atoms. The van der Waals surface area contributed by atoms with E-state index in [1.165, 1.54) is 29.2 Å². The summed E-state index contributed by atoms with van der Waals surface area (Å²) in [5.41, 5.74) is 0.220. The minimum Gasteiger partial charge on any atom is -0.456 e. The molecule has 15 heteroatoms. The van der Waals surface area contributed by atoms with Crippen molar-refractivity contribution in [1.82, 2.24) is 4.90 Å². The Balaban J connectivity index is 2.73. The van der Waals surface area contributed by atoms with Crippen LogP contribution in [0.4, 0.5) is 5.69 Å². The number of non-ortho nitro benzene ring substituents is 1. The zero-order valence-electron chi connectivity index (χ0n) is 29.5. The van der Waals surface area contributed by atoms with Gasteiger partial charge in [0.25, 0.3) is 13.3 Å². The van der Waals surface area contributed by atoms with Crippen molar-refractivity contribution in [3.8, 4) is 0 Å². The minimum absolute atomic E-state index is 0.0305. The molecule has 1 aromatic rings. The van der Waals surface area contributed by atoms with Crippen molar-refractivity contribution in [3.05, 3.63) is 39.9 Å². The first kappa shape index (κ1) is 41.1. The van der Waals surface area contributed by atoms with E-state index in [0.29, 0.717) is 24.8 Å². The SMILES string of the molecule is CCCOP(OCCC)(OCCC)=C(C(=O)OCc1ccc([N+](=O)[O-])cc1)N1C(=O)C(C(C)O[Si](C)(C)C(C)(C)C)C1CC(=O)SC. The van der Waals surface area contributed by atoms with Crippen LogP contribution in [-0.4, -0.2) is 78.8 Å². The first-order valence-electron chi connectivity index (χ1n) is 16.2. The Kier molecular flexibility index (Phi) is 15.8. The van der Waals surface area contributed by atoms with Crippen molar-refractivity contribution in [1.29, 1.82) is 0 Å². The fraction of sp³-hybridized carbons (Fsp3) is 0.688. The van der Waals surface area contributed by atoms with Gasteiger partial charge in [0.05, 0.1) is 42.8 Å². The van der Waals surface area contributed by atoms with E-state index in [4.69, 9.17) is 22.7 Å². The topological polar surface area (TPSA) is 144 Å². The summed E-state index contributed by atoms with van der Waals surface area (Å²) in [6, 6.07) is 4.90. The van der Waals surface area contributed by atoms with Gasteiger partial charge in [-0.25, -0.2) is 4.79 Å². The van der Waals surface area contributed by atoms with Gasteiger partial charge in [-0.1, -0.05) is 53.3 Å². The predicted molar refractivity (Wildman–Crippen MR) is 189 cm³/mol. The zero-order chi connectivity index (χ0) is 35.6. The molecule has 0 saturated carbocycles. The molecule has 1 heterocycles. The number of hydrogen-bond donors (Lipinski definition) is 0. The molecule has 1 fully saturated rings. The van der Waals surface area contributed by atoms with E-state index in [1.54, 1.807) is 6.26 Å². The Labute approximate surface area is 285 Å². The predicted octanol–water partition coefficient (Wildman–Crippen LogP) is 7.33. The number of ether oxygens (including phenoxy) is 1. The van der Waals surface area contributed by atoms with Crippen LogP contribution in [0.15, 0.2) is 24.3 Å². The van der Waals surface area contributed by atoms with Gasteiger partial charge in [-0.15, -0.1) is 0 Å². The highest BCUT2D eigenvalue weighted by atomic mass is 32.2. The maximum absolute atomic E-state index is 14.3. The number of rotatable bonds is 19. The summed E-state index contributed by atoms with van der Waals surface area (Å²) in [6.07, 6.45) is 2.86. The number of β-lactam (4-membered cyclic amide) rings is 1. The molecular formula is C32H53N2O10PSSi. The lowest BCUT2D eigenvalue weighted by atomic mass is 9.81. The van der Waals surface area contributed by atoms with Gasteiger partial charge in [-0.05, 0) is 68.3 Å². The van der Waals surface area contributed by atoms with Crippen LogP contribution in [0, 0.1) is 16.0 Å². The molecule has 0 aromatic heterocycles. The molecular weight excluding hydrogens is 663 g/mol. The molecule has 0 bridgehead atoms. The lowest BCUT2D eigenvalue weighted by Gasteiger charge is -2.52. The molecule has 12 nitrogen and oxygen atoms in total. The number of thioether (sulfide) groups is 1.